The van der Waals surface area contributed by atoms with Crippen LogP contribution in [0.25, 0.3) is 10.4 Å². The molecule has 6 heteroatoms. The van der Waals surface area contributed by atoms with Crippen LogP contribution in [0.3, 0.4) is 0 Å². The van der Waals surface area contributed by atoms with Gasteiger partial charge >= 0.3 is 6.09 Å². The number of hydrogen-bond donors (Lipinski definition) is 0. The maximum absolute atomic E-state index is 11.6. The van der Waals surface area contributed by atoms with Crippen LogP contribution in [-0.2, 0) is 4.74 Å². The van der Waals surface area contributed by atoms with Gasteiger partial charge in [-0.1, -0.05) is 18.5 Å². The first kappa shape index (κ1) is 13.6. The molecule has 0 radical (unpaired) electrons. The second-order valence-electron chi connectivity index (χ2n) is 4.31. The lowest BCUT2D eigenvalue weighted by atomic mass is 9.97. The Morgan fingerprint density at radius 1 is 1.53 bits per heavy atom. The third kappa shape index (κ3) is 4.95. The van der Waals surface area contributed by atoms with Crippen LogP contribution in [-0.4, -0.2) is 37.2 Å². The van der Waals surface area contributed by atoms with Crippen molar-refractivity contribution in [3.8, 4) is 0 Å². The molecule has 1 amide bonds. The summed E-state index contributed by atoms with van der Waals surface area (Å²) >= 11 is 0. The number of ether oxygens (including phenoxy) is 1. The molecule has 0 spiro atoms. The van der Waals surface area contributed by atoms with Gasteiger partial charge in [-0.25, -0.2) is 4.79 Å². The highest BCUT2D eigenvalue weighted by Crippen LogP contribution is 2.18. The number of nitrogens with zero attached hydrogens (tertiary/aromatic N) is 4. The van der Waals surface area contributed by atoms with E-state index in [1.54, 1.807) is 4.90 Å². The summed E-state index contributed by atoms with van der Waals surface area (Å²) in [7, 11) is 0. The first-order valence-electron chi connectivity index (χ1n) is 6.20. The number of unbranched alkanes of at least 4 members (excludes halogenated alkanes) is 1. The van der Waals surface area contributed by atoms with Gasteiger partial charge in [0, 0.05) is 24.5 Å². The predicted molar refractivity (Wildman–Crippen MR) is 64.6 cm³/mol. The Bertz CT molecular complexity index is 281. The molecule has 0 aromatic carbocycles. The third-order valence-corrected chi connectivity index (χ3v) is 3.00. The van der Waals surface area contributed by atoms with Crippen LogP contribution < -0.4 is 0 Å². The molecule has 1 heterocycles. The van der Waals surface area contributed by atoms with Crippen molar-refractivity contribution >= 4 is 6.09 Å². The van der Waals surface area contributed by atoms with E-state index in [1.165, 1.54) is 0 Å². The van der Waals surface area contributed by atoms with E-state index in [2.05, 4.69) is 16.9 Å². The van der Waals surface area contributed by atoms with Crippen LogP contribution in [0.1, 0.15) is 32.6 Å². The van der Waals surface area contributed by atoms with Gasteiger partial charge < -0.3 is 9.64 Å². The number of azide groups is 1. The number of piperidine rings is 1. The van der Waals surface area contributed by atoms with E-state index in [-0.39, 0.29) is 6.09 Å². The van der Waals surface area contributed by atoms with Gasteiger partial charge in [-0.2, -0.15) is 0 Å². The first-order valence-corrected chi connectivity index (χ1v) is 6.20. The quantitative estimate of drug-likeness (QED) is 0.320. The zero-order valence-corrected chi connectivity index (χ0v) is 10.3. The Labute approximate surface area is 102 Å². The molecule has 0 saturated carbocycles. The SMILES string of the molecule is CCCCOC(=O)N1CCC(CN=[N+]=[N-])CC1. The summed E-state index contributed by atoms with van der Waals surface area (Å²) in [5, 5.41) is 3.57. The molecule has 0 bridgehead atoms. The summed E-state index contributed by atoms with van der Waals surface area (Å²) in [5.74, 6) is 0.408. The van der Waals surface area contributed by atoms with Crippen molar-refractivity contribution in [3.63, 3.8) is 0 Å². The highest BCUT2D eigenvalue weighted by molar-refractivity contribution is 5.67. The van der Waals surface area contributed by atoms with Gasteiger partial charge in [-0.05, 0) is 30.7 Å². The highest BCUT2D eigenvalue weighted by Gasteiger charge is 2.22. The molecule has 17 heavy (non-hydrogen) atoms. The van der Waals surface area contributed by atoms with Crippen molar-refractivity contribution in [1.29, 1.82) is 0 Å². The highest BCUT2D eigenvalue weighted by atomic mass is 16.6. The molecular weight excluding hydrogens is 220 g/mol. The average molecular weight is 240 g/mol. The Kier molecular flexibility index (Phi) is 6.25. The molecule has 0 aromatic rings. The summed E-state index contributed by atoms with van der Waals surface area (Å²) in [4.78, 5) is 16.1. The minimum atomic E-state index is -0.208. The van der Waals surface area contributed by atoms with E-state index >= 15 is 0 Å². The van der Waals surface area contributed by atoms with Crippen LogP contribution in [0.5, 0.6) is 0 Å². The molecule has 1 rings (SSSR count). The summed E-state index contributed by atoms with van der Waals surface area (Å²) < 4.78 is 5.14. The third-order valence-electron chi connectivity index (χ3n) is 3.00. The molecule has 0 atom stereocenters. The Balaban J connectivity index is 2.21. The number of amides is 1. The molecule has 0 aromatic heterocycles. The van der Waals surface area contributed by atoms with Gasteiger partial charge in [0.2, 0.25) is 0 Å². The van der Waals surface area contributed by atoms with E-state index in [0.717, 1.165) is 25.7 Å². The monoisotopic (exact) mass is 240 g/mol. The minimum Gasteiger partial charge on any atom is -0.449 e. The molecule has 0 N–H and O–H groups in total. The van der Waals surface area contributed by atoms with Crippen LogP contribution in [0.4, 0.5) is 4.79 Å². The van der Waals surface area contributed by atoms with Crippen LogP contribution >= 0.6 is 0 Å². The molecule has 1 saturated heterocycles. The lowest BCUT2D eigenvalue weighted by Gasteiger charge is -2.30. The van der Waals surface area contributed by atoms with E-state index < -0.39 is 0 Å². The Morgan fingerprint density at radius 2 is 2.24 bits per heavy atom. The van der Waals surface area contributed by atoms with Crippen molar-refractivity contribution in [2.75, 3.05) is 26.2 Å². The van der Waals surface area contributed by atoms with E-state index in [4.69, 9.17) is 10.3 Å². The smallest absolute Gasteiger partial charge is 0.409 e. The zero-order valence-electron chi connectivity index (χ0n) is 10.3. The fraction of sp³-hybridized carbons (Fsp3) is 0.909. The fourth-order valence-electron chi connectivity index (χ4n) is 1.85. The van der Waals surface area contributed by atoms with Gasteiger partial charge in [0.1, 0.15) is 0 Å². The molecule has 0 aliphatic carbocycles. The average Bonchev–Trinajstić information content (AvgIpc) is 2.37. The molecular formula is C11H20N4O2. The number of rotatable bonds is 5. The Hall–Kier alpha value is -1.42. The Morgan fingerprint density at radius 3 is 2.82 bits per heavy atom. The normalized spacial score (nSPS) is 16.4. The van der Waals surface area contributed by atoms with Crippen molar-refractivity contribution in [2.45, 2.75) is 32.6 Å². The van der Waals surface area contributed by atoms with Crippen LogP contribution in [0.15, 0.2) is 5.11 Å². The number of carbonyl (C=O) groups excluding carboxylic acids is 1. The van der Waals surface area contributed by atoms with E-state index in [0.29, 0.717) is 32.2 Å². The van der Waals surface area contributed by atoms with Gasteiger partial charge in [0.05, 0.1) is 6.61 Å². The molecule has 1 aliphatic rings. The van der Waals surface area contributed by atoms with Crippen LogP contribution in [0, 0.1) is 5.92 Å². The summed E-state index contributed by atoms with van der Waals surface area (Å²) in [6.45, 7) is 4.52. The summed E-state index contributed by atoms with van der Waals surface area (Å²) in [6, 6.07) is 0. The number of likely N-dealkylation sites (tertiary alicyclic amines) is 1. The van der Waals surface area contributed by atoms with Gasteiger partial charge in [-0.15, -0.1) is 0 Å². The largest absolute Gasteiger partial charge is 0.449 e. The molecule has 1 fully saturated rings. The maximum Gasteiger partial charge on any atom is 0.409 e. The zero-order chi connectivity index (χ0) is 12.5. The van der Waals surface area contributed by atoms with E-state index in [1.807, 2.05) is 0 Å². The van der Waals surface area contributed by atoms with Crippen molar-refractivity contribution in [3.05, 3.63) is 10.4 Å². The van der Waals surface area contributed by atoms with Crippen molar-refractivity contribution in [2.24, 2.45) is 11.0 Å². The number of hydrogen-bond acceptors (Lipinski definition) is 3. The first-order chi connectivity index (χ1) is 8.27. The second-order valence-corrected chi connectivity index (χ2v) is 4.31. The topological polar surface area (TPSA) is 78.3 Å². The van der Waals surface area contributed by atoms with Crippen LogP contribution in [0.2, 0.25) is 0 Å². The predicted octanol–water partition coefficient (Wildman–Crippen LogP) is 2.95. The number of carbonyl (C=O) groups is 1. The molecule has 6 nitrogen and oxygen atoms in total. The molecule has 96 valence electrons. The van der Waals surface area contributed by atoms with Gasteiger partial charge in [0.25, 0.3) is 0 Å². The lowest BCUT2D eigenvalue weighted by molar-refractivity contribution is 0.0873. The lowest BCUT2D eigenvalue weighted by Crippen LogP contribution is -2.39. The standard InChI is InChI=1S/C11H20N4O2/c1-2-3-8-17-11(16)15-6-4-10(5-7-15)9-13-14-12/h10H,2-9H2,1H3. The fourth-order valence-corrected chi connectivity index (χ4v) is 1.85. The van der Waals surface area contributed by atoms with E-state index in [9.17, 15) is 4.79 Å². The van der Waals surface area contributed by atoms with Gasteiger partial charge in [-0.3, -0.25) is 0 Å². The molecule has 1 aliphatic heterocycles. The summed E-state index contributed by atoms with van der Waals surface area (Å²) in [6.07, 6.45) is 3.52. The minimum absolute atomic E-state index is 0.208. The summed E-state index contributed by atoms with van der Waals surface area (Å²) in [5.41, 5.74) is 8.23. The van der Waals surface area contributed by atoms with Gasteiger partial charge in [0.15, 0.2) is 0 Å². The van der Waals surface area contributed by atoms with Crippen molar-refractivity contribution in [1.82, 2.24) is 4.90 Å². The maximum atomic E-state index is 11.6. The second kappa shape index (κ2) is 7.79. The van der Waals surface area contributed by atoms with Crippen molar-refractivity contribution < 1.29 is 9.53 Å². The molecule has 0 unspecified atom stereocenters.